The van der Waals surface area contributed by atoms with E-state index < -0.39 is 5.97 Å². The van der Waals surface area contributed by atoms with Gasteiger partial charge in [0.05, 0.1) is 24.8 Å². The summed E-state index contributed by atoms with van der Waals surface area (Å²) in [4.78, 5) is 23.5. The van der Waals surface area contributed by atoms with Gasteiger partial charge in [0.1, 0.15) is 5.75 Å². The molecule has 5 nitrogen and oxygen atoms in total. The van der Waals surface area contributed by atoms with Crippen molar-refractivity contribution < 1.29 is 19.1 Å². The summed E-state index contributed by atoms with van der Waals surface area (Å²) in [7, 11) is 2.82. The Bertz CT molecular complexity index is 698. The Morgan fingerprint density at radius 1 is 1.00 bits per heavy atom. The van der Waals surface area contributed by atoms with Crippen LogP contribution in [0, 0.1) is 0 Å². The molecule has 0 heterocycles. The molecule has 0 fully saturated rings. The first kappa shape index (κ1) is 15.9. The monoisotopic (exact) mass is 319 g/mol. The third kappa shape index (κ3) is 3.56. The first-order valence-electron chi connectivity index (χ1n) is 6.38. The van der Waals surface area contributed by atoms with Crippen LogP contribution in [0.3, 0.4) is 0 Å². The van der Waals surface area contributed by atoms with Crippen LogP contribution in [0.1, 0.15) is 20.7 Å². The highest BCUT2D eigenvalue weighted by Gasteiger charge is 2.10. The summed E-state index contributed by atoms with van der Waals surface area (Å²) >= 11 is 6.00. The number of hydrogen-bond acceptors (Lipinski definition) is 4. The van der Waals surface area contributed by atoms with E-state index in [-0.39, 0.29) is 5.91 Å². The smallest absolute Gasteiger partial charge is 0.337 e. The minimum absolute atomic E-state index is 0.308. The lowest BCUT2D eigenvalue weighted by Gasteiger charge is -2.08. The number of carbonyl (C=O) groups is 2. The highest BCUT2D eigenvalue weighted by Crippen LogP contribution is 2.27. The van der Waals surface area contributed by atoms with E-state index in [0.29, 0.717) is 27.6 Å². The van der Waals surface area contributed by atoms with E-state index in [2.05, 4.69) is 10.1 Å². The van der Waals surface area contributed by atoms with Crippen LogP contribution in [0.15, 0.2) is 42.5 Å². The third-order valence-corrected chi connectivity index (χ3v) is 3.27. The molecule has 0 atom stereocenters. The molecular weight excluding hydrogens is 306 g/mol. The van der Waals surface area contributed by atoms with Gasteiger partial charge >= 0.3 is 5.97 Å². The largest absolute Gasteiger partial charge is 0.495 e. The van der Waals surface area contributed by atoms with E-state index in [9.17, 15) is 9.59 Å². The maximum atomic E-state index is 12.1. The molecule has 0 aromatic heterocycles. The Labute approximate surface area is 132 Å². The SMILES string of the molecule is COC(=O)c1ccc(C(=O)Nc2ccc(OC)c(Cl)c2)cc1. The molecule has 1 N–H and O–H groups in total. The van der Waals surface area contributed by atoms with Gasteiger partial charge in [0, 0.05) is 11.3 Å². The number of carbonyl (C=O) groups excluding carboxylic acids is 2. The summed E-state index contributed by atoms with van der Waals surface area (Å²) < 4.78 is 9.65. The number of anilines is 1. The summed E-state index contributed by atoms with van der Waals surface area (Å²) in [6.45, 7) is 0. The van der Waals surface area contributed by atoms with Crippen LogP contribution in [0.25, 0.3) is 0 Å². The zero-order valence-corrected chi connectivity index (χ0v) is 12.8. The molecule has 0 radical (unpaired) electrons. The van der Waals surface area contributed by atoms with E-state index in [1.165, 1.54) is 26.4 Å². The van der Waals surface area contributed by atoms with Gasteiger partial charge in [0.25, 0.3) is 5.91 Å². The molecule has 6 heteroatoms. The van der Waals surface area contributed by atoms with E-state index in [4.69, 9.17) is 16.3 Å². The van der Waals surface area contributed by atoms with Crippen molar-refractivity contribution in [2.24, 2.45) is 0 Å². The van der Waals surface area contributed by atoms with Gasteiger partial charge in [0.2, 0.25) is 0 Å². The number of benzene rings is 2. The standard InChI is InChI=1S/C16H14ClNO4/c1-21-14-8-7-12(9-13(14)17)18-15(19)10-3-5-11(6-4-10)16(20)22-2/h3-9H,1-2H3,(H,18,19). The first-order valence-corrected chi connectivity index (χ1v) is 6.76. The molecule has 0 bridgehead atoms. The van der Waals surface area contributed by atoms with Crippen LogP contribution in [0.4, 0.5) is 5.69 Å². The lowest BCUT2D eigenvalue weighted by molar-refractivity contribution is 0.0600. The molecule has 0 saturated carbocycles. The quantitative estimate of drug-likeness (QED) is 0.877. The van der Waals surface area contributed by atoms with Crippen LogP contribution in [-0.2, 0) is 4.74 Å². The Kier molecular flexibility index (Phi) is 5.01. The average Bonchev–Trinajstić information content (AvgIpc) is 2.54. The van der Waals surface area contributed by atoms with Crippen molar-refractivity contribution in [1.82, 2.24) is 0 Å². The van der Waals surface area contributed by atoms with Crippen molar-refractivity contribution in [3.05, 3.63) is 58.6 Å². The molecule has 0 aliphatic heterocycles. The topological polar surface area (TPSA) is 64.6 Å². The number of esters is 1. The molecule has 2 aromatic carbocycles. The molecule has 0 saturated heterocycles. The van der Waals surface area contributed by atoms with E-state index in [1.807, 2.05) is 0 Å². The molecule has 2 aromatic rings. The van der Waals surface area contributed by atoms with Gasteiger partial charge in [-0.3, -0.25) is 4.79 Å². The van der Waals surface area contributed by atoms with Crippen molar-refractivity contribution >= 4 is 29.2 Å². The first-order chi connectivity index (χ1) is 10.5. The van der Waals surface area contributed by atoms with E-state index in [1.54, 1.807) is 30.3 Å². The molecule has 22 heavy (non-hydrogen) atoms. The van der Waals surface area contributed by atoms with Crippen molar-refractivity contribution in [3.8, 4) is 5.75 Å². The van der Waals surface area contributed by atoms with Gasteiger partial charge in [-0.1, -0.05) is 11.6 Å². The Balaban J connectivity index is 2.12. The number of amides is 1. The predicted octanol–water partition coefficient (Wildman–Crippen LogP) is 3.39. The van der Waals surface area contributed by atoms with Crippen LogP contribution in [0.2, 0.25) is 5.02 Å². The van der Waals surface area contributed by atoms with Gasteiger partial charge in [-0.05, 0) is 42.5 Å². The summed E-state index contributed by atoms with van der Waals surface area (Å²) in [6.07, 6.45) is 0. The third-order valence-electron chi connectivity index (χ3n) is 2.98. The van der Waals surface area contributed by atoms with Crippen molar-refractivity contribution in [1.29, 1.82) is 0 Å². The Hall–Kier alpha value is -2.53. The number of halogens is 1. The zero-order valence-electron chi connectivity index (χ0n) is 12.1. The van der Waals surface area contributed by atoms with Crippen molar-refractivity contribution in [2.75, 3.05) is 19.5 Å². The molecule has 0 aliphatic carbocycles. The van der Waals surface area contributed by atoms with Gasteiger partial charge < -0.3 is 14.8 Å². The summed E-state index contributed by atoms with van der Waals surface area (Å²) in [5, 5.41) is 3.12. The lowest BCUT2D eigenvalue weighted by atomic mass is 10.1. The summed E-state index contributed by atoms with van der Waals surface area (Å²) in [5.74, 6) is -0.228. The van der Waals surface area contributed by atoms with Gasteiger partial charge in [0.15, 0.2) is 0 Å². The fraction of sp³-hybridized carbons (Fsp3) is 0.125. The van der Waals surface area contributed by atoms with Gasteiger partial charge in [-0.25, -0.2) is 4.79 Å². The summed E-state index contributed by atoms with van der Waals surface area (Å²) in [5.41, 5.74) is 1.35. The molecule has 1 amide bonds. The second kappa shape index (κ2) is 6.95. The molecular formula is C16H14ClNO4. The van der Waals surface area contributed by atoms with Crippen LogP contribution in [0.5, 0.6) is 5.75 Å². The number of nitrogens with one attached hydrogen (secondary N) is 1. The highest BCUT2D eigenvalue weighted by atomic mass is 35.5. The zero-order chi connectivity index (χ0) is 16.1. The Morgan fingerprint density at radius 3 is 2.18 bits per heavy atom. The van der Waals surface area contributed by atoms with E-state index >= 15 is 0 Å². The minimum Gasteiger partial charge on any atom is -0.495 e. The van der Waals surface area contributed by atoms with Gasteiger partial charge in [-0.2, -0.15) is 0 Å². The van der Waals surface area contributed by atoms with Crippen LogP contribution >= 0.6 is 11.6 Å². The molecule has 2 rings (SSSR count). The normalized spacial score (nSPS) is 9.95. The molecule has 0 spiro atoms. The molecule has 0 aliphatic rings. The second-order valence-corrected chi connectivity index (χ2v) is 4.78. The van der Waals surface area contributed by atoms with Crippen molar-refractivity contribution in [2.45, 2.75) is 0 Å². The van der Waals surface area contributed by atoms with E-state index in [0.717, 1.165) is 0 Å². The fourth-order valence-electron chi connectivity index (χ4n) is 1.82. The highest BCUT2D eigenvalue weighted by molar-refractivity contribution is 6.32. The summed E-state index contributed by atoms with van der Waals surface area (Å²) in [6, 6.07) is 11.1. The molecule has 114 valence electrons. The maximum Gasteiger partial charge on any atom is 0.337 e. The maximum absolute atomic E-state index is 12.1. The van der Waals surface area contributed by atoms with Crippen LogP contribution in [-0.4, -0.2) is 26.1 Å². The number of rotatable bonds is 4. The fourth-order valence-corrected chi connectivity index (χ4v) is 2.08. The number of ether oxygens (including phenoxy) is 2. The predicted molar refractivity (Wildman–Crippen MR) is 83.7 cm³/mol. The second-order valence-electron chi connectivity index (χ2n) is 4.37. The van der Waals surface area contributed by atoms with Crippen molar-refractivity contribution in [3.63, 3.8) is 0 Å². The average molecular weight is 320 g/mol. The lowest BCUT2D eigenvalue weighted by Crippen LogP contribution is -2.12. The number of hydrogen-bond donors (Lipinski definition) is 1. The minimum atomic E-state index is -0.450. The molecule has 0 unspecified atom stereocenters. The Morgan fingerprint density at radius 2 is 1.64 bits per heavy atom. The van der Waals surface area contributed by atoms with Crippen LogP contribution < -0.4 is 10.1 Å². The number of methoxy groups -OCH3 is 2. The van der Waals surface area contributed by atoms with Gasteiger partial charge in [-0.15, -0.1) is 0 Å².